The van der Waals surface area contributed by atoms with Gasteiger partial charge in [-0.1, -0.05) is 11.6 Å². The van der Waals surface area contributed by atoms with E-state index in [4.69, 9.17) is 21.1 Å². The fraction of sp³-hybridized carbons (Fsp3) is 0.235. The molecule has 0 radical (unpaired) electrons. The maximum Gasteiger partial charge on any atom is 0.319 e. The quantitative estimate of drug-likeness (QED) is 0.754. The number of carbonyl (C=O) groups is 1. The summed E-state index contributed by atoms with van der Waals surface area (Å²) in [5.41, 5.74) is 0.680. The lowest BCUT2D eigenvalue weighted by molar-refractivity contribution is 0.247. The Labute approximate surface area is 140 Å². The SMILES string of the molecule is CCOc1ccc(OCCNC(=O)Nc2ccc(Cl)cc2)cc1. The number of ether oxygens (including phenoxy) is 2. The molecule has 0 bridgehead atoms. The number of hydrogen-bond donors (Lipinski definition) is 2. The van der Waals surface area contributed by atoms with Crippen LogP contribution in [0.25, 0.3) is 0 Å². The average Bonchev–Trinajstić information content (AvgIpc) is 2.55. The average molecular weight is 335 g/mol. The predicted octanol–water partition coefficient (Wildman–Crippen LogP) is 3.94. The Morgan fingerprint density at radius 1 is 1.00 bits per heavy atom. The number of amides is 2. The number of benzene rings is 2. The summed E-state index contributed by atoms with van der Waals surface area (Å²) in [5.74, 6) is 1.54. The molecule has 6 heteroatoms. The van der Waals surface area contributed by atoms with Gasteiger partial charge in [0.2, 0.25) is 0 Å². The summed E-state index contributed by atoms with van der Waals surface area (Å²) in [4.78, 5) is 11.7. The first-order valence-electron chi connectivity index (χ1n) is 7.33. The lowest BCUT2D eigenvalue weighted by Gasteiger charge is -2.10. The molecule has 0 aromatic heterocycles. The van der Waals surface area contributed by atoms with Crippen LogP contribution in [-0.4, -0.2) is 25.8 Å². The Kier molecular flexibility index (Phi) is 6.56. The first-order chi connectivity index (χ1) is 11.2. The Hall–Kier alpha value is -2.40. The van der Waals surface area contributed by atoms with Crippen LogP contribution in [0.4, 0.5) is 10.5 Å². The normalized spacial score (nSPS) is 10.0. The summed E-state index contributed by atoms with van der Waals surface area (Å²) in [6.45, 7) is 3.34. The van der Waals surface area contributed by atoms with Crippen molar-refractivity contribution in [3.05, 3.63) is 53.6 Å². The highest BCUT2D eigenvalue weighted by atomic mass is 35.5. The van der Waals surface area contributed by atoms with E-state index in [1.807, 2.05) is 31.2 Å². The molecular weight excluding hydrogens is 316 g/mol. The molecule has 0 saturated carbocycles. The van der Waals surface area contributed by atoms with Crippen molar-refractivity contribution in [3.63, 3.8) is 0 Å². The van der Waals surface area contributed by atoms with Crippen LogP contribution in [0, 0.1) is 0 Å². The molecule has 23 heavy (non-hydrogen) atoms. The Bertz CT molecular complexity index is 615. The first kappa shape index (κ1) is 17.0. The van der Waals surface area contributed by atoms with Gasteiger partial charge in [0.05, 0.1) is 13.2 Å². The summed E-state index contributed by atoms with van der Waals surface area (Å²) in [6, 6.07) is 14.0. The molecule has 0 spiro atoms. The zero-order valence-electron chi connectivity index (χ0n) is 12.8. The second-order valence-corrected chi connectivity index (χ2v) is 5.08. The molecular formula is C17H19ClN2O3. The third-order valence-corrected chi connectivity index (χ3v) is 3.15. The van der Waals surface area contributed by atoms with E-state index >= 15 is 0 Å². The third-order valence-electron chi connectivity index (χ3n) is 2.89. The van der Waals surface area contributed by atoms with E-state index < -0.39 is 0 Å². The van der Waals surface area contributed by atoms with Crippen LogP contribution < -0.4 is 20.1 Å². The van der Waals surface area contributed by atoms with Crippen LogP contribution in [0.2, 0.25) is 5.02 Å². The highest BCUT2D eigenvalue weighted by molar-refractivity contribution is 6.30. The van der Waals surface area contributed by atoms with Crippen LogP contribution in [0.1, 0.15) is 6.92 Å². The molecule has 0 saturated heterocycles. The van der Waals surface area contributed by atoms with Gasteiger partial charge in [-0.2, -0.15) is 0 Å². The van der Waals surface area contributed by atoms with Gasteiger partial charge in [0.1, 0.15) is 18.1 Å². The van der Waals surface area contributed by atoms with Crippen molar-refractivity contribution in [2.45, 2.75) is 6.92 Å². The van der Waals surface area contributed by atoms with Gasteiger partial charge in [-0.15, -0.1) is 0 Å². The van der Waals surface area contributed by atoms with Gasteiger partial charge in [0.25, 0.3) is 0 Å². The van der Waals surface area contributed by atoms with E-state index in [2.05, 4.69) is 10.6 Å². The topological polar surface area (TPSA) is 59.6 Å². The van der Waals surface area contributed by atoms with Crippen molar-refractivity contribution in [1.29, 1.82) is 0 Å². The smallest absolute Gasteiger partial charge is 0.319 e. The number of urea groups is 1. The lowest BCUT2D eigenvalue weighted by Crippen LogP contribution is -2.32. The molecule has 2 N–H and O–H groups in total. The monoisotopic (exact) mass is 334 g/mol. The van der Waals surface area contributed by atoms with E-state index in [1.54, 1.807) is 24.3 Å². The second kappa shape index (κ2) is 8.90. The molecule has 0 fully saturated rings. The minimum Gasteiger partial charge on any atom is -0.494 e. The minimum absolute atomic E-state index is 0.289. The van der Waals surface area contributed by atoms with Crippen LogP contribution in [0.3, 0.4) is 0 Å². The fourth-order valence-electron chi connectivity index (χ4n) is 1.84. The largest absolute Gasteiger partial charge is 0.494 e. The van der Waals surface area contributed by atoms with Crippen molar-refractivity contribution < 1.29 is 14.3 Å². The molecule has 2 aromatic rings. The summed E-state index contributed by atoms with van der Waals surface area (Å²) >= 11 is 5.78. The van der Waals surface area contributed by atoms with Crippen molar-refractivity contribution in [2.75, 3.05) is 25.1 Å². The van der Waals surface area contributed by atoms with Gasteiger partial charge in [-0.05, 0) is 55.5 Å². The highest BCUT2D eigenvalue weighted by Gasteiger charge is 2.01. The van der Waals surface area contributed by atoms with Gasteiger partial charge in [0, 0.05) is 10.7 Å². The third kappa shape index (κ3) is 6.08. The van der Waals surface area contributed by atoms with Crippen molar-refractivity contribution in [3.8, 4) is 11.5 Å². The molecule has 2 aromatic carbocycles. The van der Waals surface area contributed by atoms with Gasteiger partial charge in [-0.3, -0.25) is 0 Å². The maximum absolute atomic E-state index is 11.7. The molecule has 0 heterocycles. The summed E-state index contributed by atoms with van der Waals surface area (Å²) in [6.07, 6.45) is 0. The van der Waals surface area contributed by atoms with Gasteiger partial charge >= 0.3 is 6.03 Å². The fourth-order valence-corrected chi connectivity index (χ4v) is 1.97. The zero-order chi connectivity index (χ0) is 16.5. The van der Waals surface area contributed by atoms with Crippen LogP contribution in [0.15, 0.2) is 48.5 Å². The highest BCUT2D eigenvalue weighted by Crippen LogP contribution is 2.17. The number of nitrogens with one attached hydrogen (secondary N) is 2. The van der Waals surface area contributed by atoms with E-state index in [0.717, 1.165) is 11.5 Å². The molecule has 2 amide bonds. The van der Waals surface area contributed by atoms with Gasteiger partial charge in [-0.25, -0.2) is 4.79 Å². The minimum atomic E-state index is -0.289. The Balaban J connectivity index is 1.66. The number of rotatable bonds is 7. The molecule has 5 nitrogen and oxygen atoms in total. The zero-order valence-corrected chi connectivity index (χ0v) is 13.6. The first-order valence-corrected chi connectivity index (χ1v) is 7.71. The molecule has 0 aliphatic carbocycles. The van der Waals surface area contributed by atoms with Crippen molar-refractivity contribution >= 4 is 23.3 Å². The van der Waals surface area contributed by atoms with Crippen molar-refractivity contribution in [2.24, 2.45) is 0 Å². The number of carbonyl (C=O) groups excluding carboxylic acids is 1. The van der Waals surface area contributed by atoms with Crippen LogP contribution in [0.5, 0.6) is 11.5 Å². The molecule has 122 valence electrons. The summed E-state index contributed by atoms with van der Waals surface area (Å²) in [7, 11) is 0. The van der Waals surface area contributed by atoms with E-state index in [0.29, 0.717) is 30.5 Å². The predicted molar refractivity (Wildman–Crippen MR) is 91.6 cm³/mol. The van der Waals surface area contributed by atoms with Gasteiger partial charge in [0.15, 0.2) is 0 Å². The number of halogens is 1. The van der Waals surface area contributed by atoms with Crippen LogP contribution >= 0.6 is 11.6 Å². The Morgan fingerprint density at radius 2 is 1.61 bits per heavy atom. The van der Waals surface area contributed by atoms with E-state index in [-0.39, 0.29) is 6.03 Å². The van der Waals surface area contributed by atoms with Crippen molar-refractivity contribution in [1.82, 2.24) is 5.32 Å². The molecule has 2 rings (SSSR count). The van der Waals surface area contributed by atoms with Gasteiger partial charge < -0.3 is 20.1 Å². The lowest BCUT2D eigenvalue weighted by atomic mass is 10.3. The second-order valence-electron chi connectivity index (χ2n) is 4.64. The number of hydrogen-bond acceptors (Lipinski definition) is 3. The van der Waals surface area contributed by atoms with E-state index in [1.165, 1.54) is 0 Å². The van der Waals surface area contributed by atoms with E-state index in [9.17, 15) is 4.79 Å². The molecule has 0 aliphatic rings. The number of anilines is 1. The molecule has 0 unspecified atom stereocenters. The van der Waals surface area contributed by atoms with Crippen LogP contribution in [-0.2, 0) is 0 Å². The summed E-state index contributed by atoms with van der Waals surface area (Å²) in [5, 5.41) is 6.05. The summed E-state index contributed by atoms with van der Waals surface area (Å²) < 4.78 is 10.9. The maximum atomic E-state index is 11.7. The molecule has 0 aliphatic heterocycles. The molecule has 0 atom stereocenters. The standard InChI is InChI=1S/C17H19ClN2O3/c1-2-22-15-7-9-16(10-8-15)23-12-11-19-17(21)20-14-5-3-13(18)4-6-14/h3-10H,2,11-12H2,1H3,(H2,19,20,21). The Morgan fingerprint density at radius 3 is 2.22 bits per heavy atom.